The number of esters is 1. The SMILES string of the molecule is CCN(CC)c1ccc2c(-c3ccc(S(=O)(=O)NCC4CCC(C(=O)NCCN5[C@H]6CC[C@@H]5[C@@H](C(=O)OC)[C@@H](c5ccc(Cl)c(Cl)c5)C6)CC4)cc3S(=O)(=O)[O-])c3ccc(=[N+](CC)CC)cc-3oc2c1. The average Bonchev–Trinajstić information content (AvgIpc) is 3.62. The molecule has 3 fully saturated rings. The van der Waals surface area contributed by atoms with E-state index in [9.17, 15) is 31.0 Å². The first-order valence-electron chi connectivity index (χ1n) is 24.5. The van der Waals surface area contributed by atoms with Gasteiger partial charge in [0.1, 0.15) is 34.6 Å². The lowest BCUT2D eigenvalue weighted by Gasteiger charge is -2.43. The van der Waals surface area contributed by atoms with E-state index in [4.69, 9.17) is 32.4 Å². The van der Waals surface area contributed by atoms with Crippen LogP contribution in [0, 0.1) is 17.8 Å². The minimum Gasteiger partial charge on any atom is -0.744 e. The van der Waals surface area contributed by atoms with Crippen LogP contribution in [0.2, 0.25) is 10.0 Å². The van der Waals surface area contributed by atoms with Crippen LogP contribution in [0.3, 0.4) is 0 Å². The van der Waals surface area contributed by atoms with E-state index in [1.807, 2.05) is 48.5 Å². The molecule has 3 aromatic carbocycles. The van der Waals surface area contributed by atoms with Crippen molar-refractivity contribution >= 4 is 71.9 Å². The van der Waals surface area contributed by atoms with Crippen LogP contribution in [0.25, 0.3) is 33.4 Å². The van der Waals surface area contributed by atoms with Crippen LogP contribution in [0.5, 0.6) is 0 Å². The highest BCUT2D eigenvalue weighted by atomic mass is 35.5. The summed E-state index contributed by atoms with van der Waals surface area (Å²) in [5, 5.41) is 5.52. The topological polar surface area (TPSA) is 181 Å². The zero-order chi connectivity index (χ0) is 50.1. The Balaban J connectivity index is 0.931. The molecule has 5 aliphatic rings. The largest absolute Gasteiger partial charge is 0.744 e. The number of halogens is 2. The minimum absolute atomic E-state index is 0.0326. The number of hydrogen-bond donors (Lipinski definition) is 2. The third kappa shape index (κ3) is 10.6. The molecule has 18 heteroatoms. The normalized spacial score (nSPS) is 21.8. The number of hydrogen-bond acceptors (Lipinski definition) is 11. The number of nitrogens with zero attached hydrogens (tertiary/aromatic N) is 3. The molecule has 2 N–H and O–H groups in total. The third-order valence-electron chi connectivity index (χ3n) is 15.1. The summed E-state index contributed by atoms with van der Waals surface area (Å²) in [5.41, 5.74) is 3.45. The van der Waals surface area contributed by atoms with E-state index in [-0.39, 0.29) is 64.6 Å². The fourth-order valence-corrected chi connectivity index (χ4v) is 13.6. The number of ether oxygens (including phenoxy) is 1. The minimum atomic E-state index is -5.20. The molecule has 2 saturated heterocycles. The molecule has 14 nitrogen and oxygen atoms in total. The Labute approximate surface area is 421 Å². The number of sulfonamides is 1. The van der Waals surface area contributed by atoms with Crippen LogP contribution in [0.4, 0.5) is 5.69 Å². The number of anilines is 1. The summed E-state index contributed by atoms with van der Waals surface area (Å²) in [6.07, 6.45) is 4.93. The molecule has 0 spiro atoms. The number of piperidine rings is 1. The number of rotatable bonds is 17. The van der Waals surface area contributed by atoms with Gasteiger partial charge in [0.25, 0.3) is 0 Å². The highest BCUT2D eigenvalue weighted by Crippen LogP contribution is 2.48. The predicted octanol–water partition coefficient (Wildman–Crippen LogP) is 8.08. The van der Waals surface area contributed by atoms with Gasteiger partial charge in [-0.25, -0.2) is 26.1 Å². The van der Waals surface area contributed by atoms with Crippen LogP contribution in [0.1, 0.15) is 84.1 Å². The fourth-order valence-electron chi connectivity index (χ4n) is 11.4. The fraction of sp³-hybridized carbons (Fsp3) is 0.481. The van der Waals surface area contributed by atoms with Gasteiger partial charge in [-0.15, -0.1) is 0 Å². The molecule has 376 valence electrons. The lowest BCUT2D eigenvalue weighted by molar-refractivity contribution is -0.150. The van der Waals surface area contributed by atoms with Crippen molar-refractivity contribution in [3.8, 4) is 22.5 Å². The van der Waals surface area contributed by atoms with E-state index in [2.05, 4.69) is 52.1 Å². The molecule has 1 amide bonds. The highest BCUT2D eigenvalue weighted by molar-refractivity contribution is 7.89. The molecule has 1 saturated carbocycles. The molecule has 3 aromatic rings. The third-order valence-corrected chi connectivity index (χ3v) is 18.1. The van der Waals surface area contributed by atoms with Crippen molar-refractivity contribution in [1.82, 2.24) is 19.5 Å². The monoisotopic (exact) mass is 1040 g/mol. The lowest BCUT2D eigenvalue weighted by Crippen LogP contribution is -2.53. The predicted molar refractivity (Wildman–Crippen MR) is 273 cm³/mol. The second-order valence-electron chi connectivity index (χ2n) is 18.8. The van der Waals surface area contributed by atoms with E-state index in [0.717, 1.165) is 68.1 Å². The van der Waals surface area contributed by atoms with Gasteiger partial charge in [-0.1, -0.05) is 35.3 Å². The van der Waals surface area contributed by atoms with Crippen molar-refractivity contribution in [2.75, 3.05) is 57.8 Å². The van der Waals surface area contributed by atoms with Crippen molar-refractivity contribution in [2.24, 2.45) is 17.8 Å². The Kier molecular flexibility index (Phi) is 16.0. The summed E-state index contributed by atoms with van der Waals surface area (Å²) in [7, 11) is -8.06. The summed E-state index contributed by atoms with van der Waals surface area (Å²) in [6.45, 7) is 12.3. The molecule has 4 atom stereocenters. The average molecular weight is 1040 g/mol. The Hall–Kier alpha value is -4.55. The highest BCUT2D eigenvalue weighted by Gasteiger charge is 2.51. The standard InChI is InChI=1S/C52H63Cl2N5O9S2/c1-6-57(7-2)35-15-19-39-46(28-35)68-47-29-36(58(8-3)9-4)16-20-40(47)49(39)41-21-18-38(30-48(41)70(64,65)66)69(62,63)56-31-32-10-12-33(13-11-32)51(60)55-24-25-59-37-17-23-45(59)50(52(61)67-5)42(27-37)34-14-22-43(53)44(54)26-34/h14-16,18-22,26,28-30,32-33,37,42,45,50,56H,6-13,17,23-25,27,31H2,1-5H3,(H-,55,60,64,65,66)/t32?,33?,37-,42+,45+,50-/m0/s1. The second kappa shape index (κ2) is 21.7. The molecule has 3 aliphatic heterocycles. The zero-order valence-electron chi connectivity index (χ0n) is 40.4. The van der Waals surface area contributed by atoms with Gasteiger partial charge in [0.05, 0.1) is 38.9 Å². The number of fused-ring (bicyclic) bond motifs is 4. The first-order valence-corrected chi connectivity index (χ1v) is 28.1. The Morgan fingerprint density at radius 3 is 2.26 bits per heavy atom. The van der Waals surface area contributed by atoms with Crippen molar-refractivity contribution in [2.45, 2.75) is 100 Å². The number of benzene rings is 4. The number of nitrogens with one attached hydrogen (secondary N) is 2. The number of carbonyl (C=O) groups excluding carboxylic acids is 2. The van der Waals surface area contributed by atoms with E-state index in [1.165, 1.54) is 19.2 Å². The van der Waals surface area contributed by atoms with Crippen LogP contribution < -0.4 is 24.9 Å². The molecule has 0 unspecified atom stereocenters. The summed E-state index contributed by atoms with van der Waals surface area (Å²) in [5.74, 6) is -0.545. The molecule has 3 heterocycles. The van der Waals surface area contributed by atoms with Crippen molar-refractivity contribution < 1.29 is 40.1 Å². The molecule has 8 rings (SSSR count). The van der Waals surface area contributed by atoms with E-state index < -0.39 is 25.0 Å². The van der Waals surface area contributed by atoms with Crippen LogP contribution >= 0.6 is 23.2 Å². The van der Waals surface area contributed by atoms with Gasteiger partial charge in [0.15, 0.2) is 0 Å². The summed E-state index contributed by atoms with van der Waals surface area (Å²) < 4.78 is 83.8. The van der Waals surface area contributed by atoms with Gasteiger partial charge in [-0.2, -0.15) is 0 Å². The van der Waals surface area contributed by atoms with Gasteiger partial charge in [0.2, 0.25) is 21.3 Å². The summed E-state index contributed by atoms with van der Waals surface area (Å²) in [4.78, 5) is 30.2. The van der Waals surface area contributed by atoms with Gasteiger partial charge in [-0.05, 0) is 127 Å². The van der Waals surface area contributed by atoms with Gasteiger partial charge < -0.3 is 23.9 Å². The molecule has 0 aromatic heterocycles. The first-order chi connectivity index (χ1) is 33.5. The second-order valence-corrected chi connectivity index (χ2v) is 22.7. The van der Waals surface area contributed by atoms with E-state index in [0.29, 0.717) is 76.7 Å². The summed E-state index contributed by atoms with van der Waals surface area (Å²) >= 11 is 12.6. The summed E-state index contributed by atoms with van der Waals surface area (Å²) in [6, 6.07) is 20.8. The van der Waals surface area contributed by atoms with Crippen LogP contribution in [-0.2, 0) is 34.5 Å². The van der Waals surface area contributed by atoms with E-state index in [1.54, 1.807) is 6.07 Å². The lowest BCUT2D eigenvalue weighted by atomic mass is 9.76. The maximum absolute atomic E-state index is 13.9. The molecule has 2 bridgehead atoms. The van der Waals surface area contributed by atoms with Crippen molar-refractivity contribution in [3.63, 3.8) is 0 Å². The zero-order valence-corrected chi connectivity index (χ0v) is 43.5. The Bertz CT molecular complexity index is 3020. The van der Waals surface area contributed by atoms with Crippen LogP contribution in [0.15, 0.2) is 87.0 Å². The first kappa shape index (κ1) is 51.8. The molecule has 0 radical (unpaired) electrons. The molecule has 2 aliphatic carbocycles. The van der Waals surface area contributed by atoms with Gasteiger partial charge in [0, 0.05) is 96.5 Å². The van der Waals surface area contributed by atoms with E-state index >= 15 is 0 Å². The van der Waals surface area contributed by atoms with Crippen LogP contribution in [-0.4, -0.2) is 103 Å². The Morgan fingerprint density at radius 1 is 0.857 bits per heavy atom. The van der Waals surface area contributed by atoms with Gasteiger partial charge in [-0.3, -0.25) is 14.5 Å². The Morgan fingerprint density at radius 2 is 1.59 bits per heavy atom. The van der Waals surface area contributed by atoms with Gasteiger partial charge >= 0.3 is 5.97 Å². The molecular weight excluding hydrogens is 974 g/mol. The number of carbonyl (C=O) groups is 2. The maximum atomic E-state index is 13.9. The number of amides is 1. The maximum Gasteiger partial charge on any atom is 0.310 e. The quantitative estimate of drug-likeness (QED) is 0.0398. The van der Waals surface area contributed by atoms with Crippen molar-refractivity contribution in [3.05, 3.63) is 93.8 Å². The molecular formula is C52H63Cl2N5O9S2. The number of methoxy groups -OCH3 is 1. The smallest absolute Gasteiger partial charge is 0.310 e. The molecule has 70 heavy (non-hydrogen) atoms. The van der Waals surface area contributed by atoms with Crippen molar-refractivity contribution in [1.29, 1.82) is 0 Å².